The van der Waals surface area contributed by atoms with Gasteiger partial charge < -0.3 is 4.74 Å². The fourth-order valence-corrected chi connectivity index (χ4v) is 1.89. The lowest BCUT2D eigenvalue weighted by Crippen LogP contribution is -2.02. The van der Waals surface area contributed by atoms with Gasteiger partial charge in [-0.2, -0.15) is 0 Å². The number of pyridine rings is 1. The molecule has 1 aromatic heterocycles. The van der Waals surface area contributed by atoms with Gasteiger partial charge in [-0.1, -0.05) is 17.9 Å². The Balaban J connectivity index is 1.92. The van der Waals surface area contributed by atoms with Crippen molar-refractivity contribution in [1.82, 2.24) is 4.98 Å². The molecular formula is C17H16ClNO. The van der Waals surface area contributed by atoms with E-state index in [0.717, 1.165) is 23.3 Å². The molecule has 1 heterocycles. The van der Waals surface area contributed by atoms with Gasteiger partial charge >= 0.3 is 0 Å². The summed E-state index contributed by atoms with van der Waals surface area (Å²) in [5.74, 6) is 7.10. The third kappa shape index (κ3) is 4.29. The van der Waals surface area contributed by atoms with Gasteiger partial charge in [-0.05, 0) is 42.3 Å². The lowest BCUT2D eigenvalue weighted by molar-refractivity contribution is 0.321. The summed E-state index contributed by atoms with van der Waals surface area (Å²) in [5, 5.41) is 0. The minimum atomic E-state index is 0.350. The summed E-state index contributed by atoms with van der Waals surface area (Å²) in [6.45, 7) is 2.66. The third-order valence-electron chi connectivity index (χ3n) is 2.87. The highest BCUT2D eigenvalue weighted by atomic mass is 35.5. The number of rotatable bonds is 4. The average Bonchev–Trinajstić information content (AvgIpc) is 2.47. The molecule has 0 aliphatic heterocycles. The van der Waals surface area contributed by atoms with Crippen LogP contribution in [0.5, 0.6) is 5.75 Å². The fourth-order valence-electron chi connectivity index (χ4n) is 1.83. The van der Waals surface area contributed by atoms with E-state index in [1.807, 2.05) is 43.5 Å². The van der Waals surface area contributed by atoms with Crippen LogP contribution in [0.2, 0.25) is 0 Å². The minimum absolute atomic E-state index is 0.350. The Kier molecular flexibility index (Phi) is 5.46. The summed E-state index contributed by atoms with van der Waals surface area (Å²) in [6, 6.07) is 9.89. The molecular weight excluding hydrogens is 270 g/mol. The summed E-state index contributed by atoms with van der Waals surface area (Å²) in [7, 11) is 0. The summed E-state index contributed by atoms with van der Waals surface area (Å²) >= 11 is 5.56. The molecule has 0 N–H and O–H groups in total. The molecule has 2 aromatic rings. The Labute approximate surface area is 124 Å². The van der Waals surface area contributed by atoms with Gasteiger partial charge in [-0.25, -0.2) is 0 Å². The number of alkyl halides is 1. The largest absolute Gasteiger partial charge is 0.493 e. The minimum Gasteiger partial charge on any atom is -0.493 e. The maximum absolute atomic E-state index is 5.75. The second kappa shape index (κ2) is 7.57. The molecule has 0 amide bonds. The lowest BCUT2D eigenvalue weighted by Gasteiger charge is -2.08. The summed E-state index contributed by atoms with van der Waals surface area (Å²) < 4.78 is 5.75. The Morgan fingerprint density at radius 2 is 2.20 bits per heavy atom. The zero-order valence-corrected chi connectivity index (χ0v) is 12.2. The Bertz CT molecular complexity index is 614. The van der Waals surface area contributed by atoms with Gasteiger partial charge in [-0.3, -0.25) is 4.98 Å². The van der Waals surface area contributed by atoms with Gasteiger partial charge in [0.05, 0.1) is 12.5 Å². The van der Waals surface area contributed by atoms with Crippen LogP contribution in [-0.4, -0.2) is 17.5 Å². The Hall–Kier alpha value is -1.98. The highest BCUT2D eigenvalue weighted by Gasteiger charge is 1.99. The number of nitrogens with zero attached hydrogens (tertiary/aromatic N) is 1. The molecule has 2 nitrogen and oxygen atoms in total. The second-order valence-corrected chi connectivity index (χ2v) is 4.64. The number of ether oxygens (including phenoxy) is 1. The molecule has 1 aromatic carbocycles. The van der Waals surface area contributed by atoms with Crippen LogP contribution in [0.25, 0.3) is 0 Å². The molecule has 102 valence electrons. The first kappa shape index (κ1) is 14.4. The molecule has 0 spiro atoms. The second-order valence-electron chi connectivity index (χ2n) is 4.37. The SMILES string of the molecule is Cc1cc(OCCc2cccnc2)ccc1C#CCCl. The highest BCUT2D eigenvalue weighted by Crippen LogP contribution is 2.17. The predicted molar refractivity (Wildman–Crippen MR) is 82.2 cm³/mol. The number of hydrogen-bond donors (Lipinski definition) is 0. The standard InChI is InChI=1S/C17H16ClNO/c1-14-12-17(7-6-16(14)5-2-9-18)20-11-8-15-4-3-10-19-13-15/h3-4,6-7,10,12-13H,8-9,11H2,1H3. The lowest BCUT2D eigenvalue weighted by atomic mass is 10.1. The zero-order valence-electron chi connectivity index (χ0n) is 11.4. The topological polar surface area (TPSA) is 22.1 Å². The Morgan fingerprint density at radius 3 is 2.90 bits per heavy atom. The maximum Gasteiger partial charge on any atom is 0.119 e. The van der Waals surface area contributed by atoms with E-state index in [9.17, 15) is 0 Å². The number of hydrogen-bond acceptors (Lipinski definition) is 2. The highest BCUT2D eigenvalue weighted by molar-refractivity contribution is 6.19. The van der Waals surface area contributed by atoms with Gasteiger partial charge in [0.25, 0.3) is 0 Å². The molecule has 0 atom stereocenters. The smallest absolute Gasteiger partial charge is 0.119 e. The van der Waals surface area contributed by atoms with E-state index < -0.39 is 0 Å². The van der Waals surface area contributed by atoms with Crippen molar-refractivity contribution >= 4 is 11.6 Å². The van der Waals surface area contributed by atoms with Crippen molar-refractivity contribution in [3.8, 4) is 17.6 Å². The van der Waals surface area contributed by atoms with Crippen molar-refractivity contribution in [1.29, 1.82) is 0 Å². The van der Waals surface area contributed by atoms with Crippen molar-refractivity contribution in [2.75, 3.05) is 12.5 Å². The van der Waals surface area contributed by atoms with Crippen LogP contribution < -0.4 is 4.74 Å². The molecule has 0 saturated heterocycles. The number of aryl methyl sites for hydroxylation is 1. The van der Waals surface area contributed by atoms with Gasteiger partial charge in [0.15, 0.2) is 0 Å². The summed E-state index contributed by atoms with van der Waals surface area (Å²) in [5.41, 5.74) is 3.26. The van der Waals surface area contributed by atoms with Gasteiger partial charge in [-0.15, -0.1) is 11.6 Å². The van der Waals surface area contributed by atoms with Crippen molar-refractivity contribution < 1.29 is 4.74 Å². The van der Waals surface area contributed by atoms with Crippen LogP contribution in [0.1, 0.15) is 16.7 Å². The third-order valence-corrected chi connectivity index (χ3v) is 3.00. The molecule has 20 heavy (non-hydrogen) atoms. The fraction of sp³-hybridized carbons (Fsp3) is 0.235. The van der Waals surface area contributed by atoms with E-state index in [-0.39, 0.29) is 0 Å². The van der Waals surface area contributed by atoms with Crippen LogP contribution in [0, 0.1) is 18.8 Å². The predicted octanol–water partition coefficient (Wildman–Crippen LogP) is 3.60. The molecule has 3 heteroatoms. The maximum atomic E-state index is 5.75. The monoisotopic (exact) mass is 285 g/mol. The van der Waals surface area contributed by atoms with Crippen LogP contribution in [0.4, 0.5) is 0 Å². The molecule has 0 unspecified atom stereocenters. The average molecular weight is 286 g/mol. The zero-order chi connectivity index (χ0) is 14.2. The van der Waals surface area contributed by atoms with Crippen LogP contribution in [0.3, 0.4) is 0 Å². The van der Waals surface area contributed by atoms with E-state index >= 15 is 0 Å². The van der Waals surface area contributed by atoms with E-state index in [1.54, 1.807) is 6.20 Å². The van der Waals surface area contributed by atoms with Crippen LogP contribution >= 0.6 is 11.6 Å². The van der Waals surface area contributed by atoms with E-state index in [0.29, 0.717) is 12.5 Å². The molecule has 0 aliphatic carbocycles. The molecule has 0 fully saturated rings. The van der Waals surface area contributed by atoms with E-state index in [4.69, 9.17) is 16.3 Å². The normalized spacial score (nSPS) is 9.70. The number of aromatic nitrogens is 1. The number of benzene rings is 1. The Morgan fingerprint density at radius 1 is 1.30 bits per heavy atom. The molecule has 0 radical (unpaired) electrons. The van der Waals surface area contributed by atoms with Crippen molar-refractivity contribution in [2.45, 2.75) is 13.3 Å². The van der Waals surface area contributed by atoms with Crippen LogP contribution in [-0.2, 0) is 6.42 Å². The first-order valence-corrected chi connectivity index (χ1v) is 7.00. The van der Waals surface area contributed by atoms with E-state index in [1.165, 1.54) is 5.56 Å². The van der Waals surface area contributed by atoms with Gasteiger partial charge in [0.2, 0.25) is 0 Å². The van der Waals surface area contributed by atoms with Gasteiger partial charge in [0.1, 0.15) is 5.75 Å². The molecule has 0 saturated carbocycles. The number of halogens is 1. The van der Waals surface area contributed by atoms with Crippen molar-refractivity contribution in [3.63, 3.8) is 0 Å². The molecule has 0 bridgehead atoms. The van der Waals surface area contributed by atoms with Crippen molar-refractivity contribution in [3.05, 3.63) is 59.4 Å². The van der Waals surface area contributed by atoms with E-state index in [2.05, 4.69) is 16.8 Å². The van der Waals surface area contributed by atoms with Crippen molar-refractivity contribution in [2.24, 2.45) is 0 Å². The first-order valence-electron chi connectivity index (χ1n) is 6.47. The quantitative estimate of drug-likeness (QED) is 0.632. The summed E-state index contributed by atoms with van der Waals surface area (Å²) in [4.78, 5) is 4.08. The van der Waals surface area contributed by atoms with Gasteiger partial charge in [0, 0.05) is 24.4 Å². The first-order chi connectivity index (χ1) is 9.79. The molecule has 0 aliphatic rings. The van der Waals surface area contributed by atoms with Crippen LogP contribution in [0.15, 0.2) is 42.7 Å². The summed E-state index contributed by atoms with van der Waals surface area (Å²) in [6.07, 6.45) is 4.48. The molecule has 2 rings (SSSR count).